The van der Waals surface area contributed by atoms with Crippen LogP contribution in [-0.2, 0) is 35.2 Å². The molecule has 0 aromatic carbocycles. The van der Waals surface area contributed by atoms with Crippen molar-refractivity contribution in [1.82, 2.24) is 9.97 Å². The number of hydrogen-bond donors (Lipinski definition) is 18. The van der Waals surface area contributed by atoms with E-state index < -0.39 is 72.1 Å². The first-order valence-corrected chi connectivity index (χ1v) is 20.0. The number of H-pyrrole nitrogens is 1. The second-order valence-corrected chi connectivity index (χ2v) is 13.4. The normalized spacial score (nSPS) is 13.0. The highest BCUT2D eigenvalue weighted by Crippen LogP contribution is 2.00. The molecule has 0 saturated heterocycles. The van der Waals surface area contributed by atoms with Crippen LogP contribution in [-0.4, -0.2) is 145 Å². The Labute approximate surface area is 357 Å². The first-order chi connectivity index (χ1) is 28.6. The zero-order chi connectivity index (χ0) is 48.2. The molecule has 1 heterocycles. The second kappa shape index (κ2) is 46.7. The Hall–Kier alpha value is -4.41. The predicted molar refractivity (Wildman–Crippen MR) is 230 cm³/mol. The first kappa shape index (κ1) is 65.7. The molecule has 0 aliphatic heterocycles. The average Bonchev–Trinajstić information content (AvgIpc) is 3.72. The Balaban J connectivity index is -0.000000206. The van der Waals surface area contributed by atoms with Gasteiger partial charge in [0.05, 0.1) is 12.0 Å². The lowest BCUT2D eigenvalue weighted by Crippen LogP contribution is -2.32. The summed E-state index contributed by atoms with van der Waals surface area (Å²) < 4.78 is 0. The first-order valence-electron chi connectivity index (χ1n) is 20.0. The van der Waals surface area contributed by atoms with Crippen molar-refractivity contribution in [2.75, 3.05) is 32.7 Å². The van der Waals surface area contributed by atoms with Gasteiger partial charge < -0.3 is 98.7 Å². The standard InChI is InChI=1S/C6H9N3O2.5C6H14N2O2/c7-5(6(10)11)1-4-2-8-3-9-4;5*7-4-2-1-3-5(8)6(9)10/h2-3,5H,1,7H2,(H,8,9)(H,10,11);5*5H,1-4,7-8H2,(H,9,10). The Bertz CT molecular complexity index is 1070. The third-order valence-corrected chi connectivity index (χ3v) is 7.73. The van der Waals surface area contributed by atoms with Crippen LogP contribution >= 0.6 is 0 Å². The summed E-state index contributed by atoms with van der Waals surface area (Å²) in [5.74, 6) is -5.67. The molecule has 0 saturated carbocycles. The van der Waals surface area contributed by atoms with Crippen molar-refractivity contribution in [3.8, 4) is 0 Å². The monoisotopic (exact) mass is 886 g/mol. The summed E-state index contributed by atoms with van der Waals surface area (Å²) in [7, 11) is 0. The number of nitrogens with two attached hydrogens (primary N) is 11. The molecule has 0 amide bonds. The van der Waals surface area contributed by atoms with Gasteiger partial charge in [-0.2, -0.15) is 0 Å². The molecule has 6 unspecified atom stereocenters. The van der Waals surface area contributed by atoms with Gasteiger partial charge in [-0.25, -0.2) is 4.98 Å². The minimum atomic E-state index is -1.01. The number of imidazole rings is 1. The van der Waals surface area contributed by atoms with Gasteiger partial charge in [0.15, 0.2) is 0 Å². The molecule has 25 nitrogen and oxygen atoms in total. The number of carbonyl (C=O) groups is 6. The number of aromatic nitrogens is 2. The summed E-state index contributed by atoms with van der Waals surface area (Å²) >= 11 is 0. The van der Waals surface area contributed by atoms with E-state index in [1.807, 2.05) is 0 Å². The van der Waals surface area contributed by atoms with Crippen molar-refractivity contribution in [3.63, 3.8) is 0 Å². The van der Waals surface area contributed by atoms with E-state index in [1.165, 1.54) is 6.33 Å². The summed E-state index contributed by atoms with van der Waals surface area (Å²) in [6, 6.07) is -4.44. The lowest BCUT2D eigenvalue weighted by molar-refractivity contribution is -0.139. The molecule has 0 fully saturated rings. The number of nitrogens with zero attached hydrogens (tertiary/aromatic N) is 1. The number of rotatable bonds is 28. The van der Waals surface area contributed by atoms with Crippen LogP contribution in [0.2, 0.25) is 0 Å². The molecule has 61 heavy (non-hydrogen) atoms. The average molecular weight is 886 g/mol. The Morgan fingerprint density at radius 1 is 0.410 bits per heavy atom. The highest BCUT2D eigenvalue weighted by molar-refractivity contribution is 5.74. The maximum Gasteiger partial charge on any atom is 0.320 e. The molecule has 6 atom stereocenters. The lowest BCUT2D eigenvalue weighted by atomic mass is 10.1. The van der Waals surface area contributed by atoms with E-state index in [1.54, 1.807) is 6.20 Å². The molecular formula is C36H79N13O12. The topological polar surface area (TPSA) is 539 Å². The molecule has 0 aliphatic carbocycles. The number of hydrogen-bond acceptors (Lipinski definition) is 18. The van der Waals surface area contributed by atoms with Crippen molar-refractivity contribution < 1.29 is 59.4 Å². The van der Waals surface area contributed by atoms with Gasteiger partial charge in [0, 0.05) is 12.6 Å². The fourth-order valence-corrected chi connectivity index (χ4v) is 3.88. The number of nitrogens with one attached hydrogen (secondary N) is 1. The van der Waals surface area contributed by atoms with Crippen LogP contribution in [0.15, 0.2) is 12.5 Å². The zero-order valence-electron chi connectivity index (χ0n) is 35.4. The van der Waals surface area contributed by atoms with Crippen LogP contribution in [0.4, 0.5) is 0 Å². The fourth-order valence-electron chi connectivity index (χ4n) is 3.88. The molecule has 360 valence electrons. The Kier molecular flexibility index (Phi) is 50.3. The molecule has 0 spiro atoms. The molecule has 1 aromatic heterocycles. The van der Waals surface area contributed by atoms with Crippen LogP contribution in [0.25, 0.3) is 0 Å². The van der Waals surface area contributed by atoms with Gasteiger partial charge in [-0.1, -0.05) is 32.1 Å². The third kappa shape index (κ3) is 51.7. The summed E-state index contributed by atoms with van der Waals surface area (Å²) in [6.07, 6.45) is 14.2. The van der Waals surface area contributed by atoms with E-state index in [9.17, 15) is 28.8 Å². The Morgan fingerprint density at radius 2 is 0.623 bits per heavy atom. The van der Waals surface area contributed by atoms with Gasteiger partial charge in [0.2, 0.25) is 0 Å². The van der Waals surface area contributed by atoms with Gasteiger partial charge in [-0.15, -0.1) is 0 Å². The zero-order valence-corrected chi connectivity index (χ0v) is 35.4. The van der Waals surface area contributed by atoms with Crippen LogP contribution in [0.5, 0.6) is 0 Å². The van der Waals surface area contributed by atoms with Gasteiger partial charge in [-0.3, -0.25) is 28.8 Å². The van der Waals surface area contributed by atoms with E-state index in [4.69, 9.17) is 93.7 Å². The SMILES string of the molecule is NC(Cc1c[nH]cn1)C(=O)O.NCCCCC(N)C(=O)O.NCCCCC(N)C(=O)O.NCCCCC(N)C(=O)O.NCCCCC(N)C(=O)O.NCCCCC(N)C(=O)O. The largest absolute Gasteiger partial charge is 0.480 e. The van der Waals surface area contributed by atoms with E-state index in [2.05, 4.69) is 9.97 Å². The molecular weight excluding hydrogens is 806 g/mol. The van der Waals surface area contributed by atoms with Crippen molar-refractivity contribution in [3.05, 3.63) is 18.2 Å². The molecule has 29 N–H and O–H groups in total. The van der Waals surface area contributed by atoms with Crippen LogP contribution in [0.3, 0.4) is 0 Å². The molecule has 0 aliphatic rings. The van der Waals surface area contributed by atoms with Crippen LogP contribution < -0.4 is 63.1 Å². The lowest BCUT2D eigenvalue weighted by Gasteiger charge is -2.03. The molecule has 25 heteroatoms. The smallest absolute Gasteiger partial charge is 0.320 e. The molecule has 0 radical (unpaired) electrons. The van der Waals surface area contributed by atoms with E-state index in [0.717, 1.165) is 64.2 Å². The van der Waals surface area contributed by atoms with Crippen molar-refractivity contribution in [1.29, 1.82) is 0 Å². The van der Waals surface area contributed by atoms with Crippen LogP contribution in [0, 0.1) is 0 Å². The van der Waals surface area contributed by atoms with Crippen LogP contribution in [0.1, 0.15) is 102 Å². The summed E-state index contributed by atoms with van der Waals surface area (Å²) in [4.78, 5) is 67.5. The number of carboxylic acid groups (broad SMARTS) is 6. The minimum absolute atomic E-state index is 0.263. The van der Waals surface area contributed by atoms with Gasteiger partial charge >= 0.3 is 35.8 Å². The molecule has 0 bridgehead atoms. The van der Waals surface area contributed by atoms with E-state index >= 15 is 0 Å². The maximum atomic E-state index is 10.3. The van der Waals surface area contributed by atoms with Gasteiger partial charge in [0.1, 0.15) is 36.3 Å². The molecule has 1 aromatic rings. The predicted octanol–water partition coefficient (Wildman–Crippen LogP) is -3.00. The summed E-state index contributed by atoms with van der Waals surface area (Å²) in [5.41, 5.74) is 58.0. The maximum absolute atomic E-state index is 10.3. The minimum Gasteiger partial charge on any atom is -0.480 e. The summed E-state index contributed by atoms with van der Waals surface area (Å²) in [6.45, 7) is 3.02. The van der Waals surface area contributed by atoms with Gasteiger partial charge in [0.25, 0.3) is 0 Å². The van der Waals surface area contributed by atoms with Crippen molar-refractivity contribution in [2.24, 2.45) is 63.1 Å². The third-order valence-electron chi connectivity index (χ3n) is 7.73. The number of aromatic amines is 1. The number of unbranched alkanes of at least 4 members (excludes halogenated alkanes) is 5. The van der Waals surface area contributed by atoms with Crippen molar-refractivity contribution in [2.45, 2.75) is 139 Å². The fraction of sp³-hybridized carbons (Fsp3) is 0.750. The summed E-state index contributed by atoms with van der Waals surface area (Å²) in [5, 5.41) is 50.0. The highest BCUT2D eigenvalue weighted by Gasteiger charge is 2.13. The number of aliphatic carboxylic acids is 6. The quantitative estimate of drug-likeness (QED) is 0.0373. The van der Waals surface area contributed by atoms with Crippen molar-refractivity contribution >= 4 is 35.8 Å². The highest BCUT2D eigenvalue weighted by atomic mass is 16.4. The van der Waals surface area contributed by atoms with E-state index in [-0.39, 0.29) is 6.42 Å². The molecule has 1 rings (SSSR count). The van der Waals surface area contributed by atoms with E-state index in [0.29, 0.717) is 70.5 Å². The number of carboxylic acids is 6. The Morgan fingerprint density at radius 3 is 0.770 bits per heavy atom. The second-order valence-electron chi connectivity index (χ2n) is 13.4. The van der Waals surface area contributed by atoms with Gasteiger partial charge in [-0.05, 0) is 96.9 Å².